The largest absolute Gasteiger partial charge is 0.456 e. The second-order valence-electron chi connectivity index (χ2n) is 3.97. The minimum absolute atomic E-state index is 0.0556. The van der Waals surface area contributed by atoms with Gasteiger partial charge in [-0.3, -0.25) is 0 Å². The standard InChI is InChI=1S/C13H20N2O3/c1-3-6-10(4-2)17-13(16)11-9-15-12(18-11)7-5-8-14/h5,8-10H,3-4,6-7,14H2,1-2H3. The molecule has 5 nitrogen and oxygen atoms in total. The van der Waals surface area contributed by atoms with Crippen molar-refractivity contribution >= 4 is 5.97 Å². The number of nitrogens with zero attached hydrogens (tertiary/aromatic N) is 1. The van der Waals surface area contributed by atoms with E-state index in [-0.39, 0.29) is 11.9 Å². The maximum absolute atomic E-state index is 11.8. The normalized spacial score (nSPS) is 12.8. The van der Waals surface area contributed by atoms with Gasteiger partial charge >= 0.3 is 5.97 Å². The lowest BCUT2D eigenvalue weighted by atomic mass is 10.1. The maximum atomic E-state index is 11.8. The summed E-state index contributed by atoms with van der Waals surface area (Å²) in [4.78, 5) is 15.8. The Bertz CT molecular complexity index is 399. The zero-order valence-electron chi connectivity index (χ0n) is 10.9. The van der Waals surface area contributed by atoms with E-state index in [1.165, 1.54) is 12.4 Å². The SMILES string of the molecule is CCCC(CC)OC(=O)c1cnc(CC=CN)o1. The Balaban J connectivity index is 2.57. The molecular weight excluding hydrogens is 232 g/mol. The molecular formula is C13H20N2O3. The predicted octanol–water partition coefficient (Wildman–Crippen LogP) is 2.43. The summed E-state index contributed by atoms with van der Waals surface area (Å²) in [6.07, 6.45) is 7.56. The number of esters is 1. The summed E-state index contributed by atoms with van der Waals surface area (Å²) in [6.45, 7) is 4.05. The van der Waals surface area contributed by atoms with E-state index in [0.29, 0.717) is 12.3 Å². The van der Waals surface area contributed by atoms with Gasteiger partial charge in [0.2, 0.25) is 5.76 Å². The minimum Gasteiger partial charge on any atom is -0.456 e. The summed E-state index contributed by atoms with van der Waals surface area (Å²) in [5.41, 5.74) is 5.22. The summed E-state index contributed by atoms with van der Waals surface area (Å²) >= 11 is 0. The zero-order chi connectivity index (χ0) is 13.4. The molecule has 1 aromatic rings. The number of nitrogens with two attached hydrogens (primary N) is 1. The number of ether oxygens (including phenoxy) is 1. The Morgan fingerprint density at radius 2 is 2.39 bits per heavy atom. The predicted molar refractivity (Wildman–Crippen MR) is 67.9 cm³/mol. The Morgan fingerprint density at radius 1 is 1.61 bits per heavy atom. The number of aromatic nitrogens is 1. The van der Waals surface area contributed by atoms with Gasteiger partial charge in [0.15, 0.2) is 5.89 Å². The lowest BCUT2D eigenvalue weighted by Crippen LogP contribution is -2.16. The maximum Gasteiger partial charge on any atom is 0.376 e. The fourth-order valence-corrected chi connectivity index (χ4v) is 1.55. The third-order valence-corrected chi connectivity index (χ3v) is 2.52. The molecule has 0 saturated heterocycles. The third kappa shape index (κ3) is 4.24. The van der Waals surface area contributed by atoms with Crippen LogP contribution in [0.4, 0.5) is 0 Å². The first-order chi connectivity index (χ1) is 8.71. The van der Waals surface area contributed by atoms with E-state index in [0.717, 1.165) is 19.3 Å². The van der Waals surface area contributed by atoms with Crippen LogP contribution in [0.3, 0.4) is 0 Å². The number of hydrogen-bond donors (Lipinski definition) is 1. The molecule has 0 spiro atoms. The molecule has 1 unspecified atom stereocenters. The smallest absolute Gasteiger partial charge is 0.376 e. The van der Waals surface area contributed by atoms with Gasteiger partial charge in [0, 0.05) is 6.42 Å². The van der Waals surface area contributed by atoms with E-state index in [9.17, 15) is 4.79 Å². The van der Waals surface area contributed by atoms with Crippen molar-refractivity contribution in [1.29, 1.82) is 0 Å². The first-order valence-electron chi connectivity index (χ1n) is 6.23. The molecule has 0 aromatic carbocycles. The number of rotatable bonds is 7. The number of oxazole rings is 1. The van der Waals surface area contributed by atoms with Gasteiger partial charge in [-0.05, 0) is 19.0 Å². The van der Waals surface area contributed by atoms with Crippen LogP contribution in [0.5, 0.6) is 0 Å². The van der Waals surface area contributed by atoms with E-state index >= 15 is 0 Å². The van der Waals surface area contributed by atoms with Gasteiger partial charge in [0.1, 0.15) is 6.10 Å². The Labute approximate surface area is 107 Å². The molecule has 1 aromatic heterocycles. The third-order valence-electron chi connectivity index (χ3n) is 2.52. The molecule has 0 bridgehead atoms. The van der Waals surface area contributed by atoms with Gasteiger partial charge in [0.25, 0.3) is 0 Å². The second kappa shape index (κ2) is 7.53. The lowest BCUT2D eigenvalue weighted by Gasteiger charge is -2.13. The first-order valence-corrected chi connectivity index (χ1v) is 6.23. The summed E-state index contributed by atoms with van der Waals surface area (Å²) in [5, 5.41) is 0. The molecule has 0 aliphatic rings. The van der Waals surface area contributed by atoms with E-state index in [1.54, 1.807) is 6.08 Å². The van der Waals surface area contributed by atoms with E-state index in [2.05, 4.69) is 11.9 Å². The summed E-state index contributed by atoms with van der Waals surface area (Å²) < 4.78 is 10.6. The highest BCUT2D eigenvalue weighted by Gasteiger charge is 2.17. The highest BCUT2D eigenvalue weighted by Crippen LogP contribution is 2.12. The lowest BCUT2D eigenvalue weighted by molar-refractivity contribution is 0.0234. The van der Waals surface area contributed by atoms with Crippen LogP contribution in [0.1, 0.15) is 49.6 Å². The van der Waals surface area contributed by atoms with Gasteiger partial charge in [-0.25, -0.2) is 9.78 Å². The highest BCUT2D eigenvalue weighted by atomic mass is 16.6. The fourth-order valence-electron chi connectivity index (χ4n) is 1.55. The molecule has 0 aliphatic carbocycles. The minimum atomic E-state index is -0.453. The van der Waals surface area contributed by atoms with Crippen LogP contribution in [-0.2, 0) is 11.2 Å². The molecule has 0 saturated carbocycles. The van der Waals surface area contributed by atoms with Crippen LogP contribution < -0.4 is 5.73 Å². The molecule has 0 fully saturated rings. The van der Waals surface area contributed by atoms with Gasteiger partial charge in [-0.2, -0.15) is 0 Å². The number of allylic oxidation sites excluding steroid dienone is 1. The molecule has 1 atom stereocenters. The topological polar surface area (TPSA) is 78.3 Å². The van der Waals surface area contributed by atoms with Gasteiger partial charge in [-0.1, -0.05) is 26.3 Å². The zero-order valence-corrected chi connectivity index (χ0v) is 10.9. The Morgan fingerprint density at radius 3 is 3.00 bits per heavy atom. The number of carbonyl (C=O) groups is 1. The first kappa shape index (κ1) is 14.3. The van der Waals surface area contributed by atoms with Crippen molar-refractivity contribution in [2.45, 2.75) is 45.6 Å². The molecule has 0 radical (unpaired) electrons. The van der Waals surface area contributed by atoms with Gasteiger partial charge in [-0.15, -0.1) is 0 Å². The van der Waals surface area contributed by atoms with Crippen molar-refractivity contribution in [2.75, 3.05) is 0 Å². The fraction of sp³-hybridized carbons (Fsp3) is 0.538. The van der Waals surface area contributed by atoms with E-state index in [4.69, 9.17) is 14.9 Å². The van der Waals surface area contributed by atoms with Crippen molar-refractivity contribution in [2.24, 2.45) is 5.73 Å². The molecule has 2 N–H and O–H groups in total. The van der Waals surface area contributed by atoms with Gasteiger partial charge in [0.05, 0.1) is 6.20 Å². The second-order valence-corrected chi connectivity index (χ2v) is 3.97. The van der Waals surface area contributed by atoms with Crippen LogP contribution >= 0.6 is 0 Å². The van der Waals surface area contributed by atoms with Crippen LogP contribution in [-0.4, -0.2) is 17.1 Å². The summed E-state index contributed by atoms with van der Waals surface area (Å²) in [5.74, 6) is 0.142. The Hall–Kier alpha value is -1.78. The van der Waals surface area contributed by atoms with Crippen molar-refractivity contribution in [1.82, 2.24) is 4.98 Å². The monoisotopic (exact) mass is 252 g/mol. The quantitative estimate of drug-likeness (QED) is 0.754. The Kier molecular flexibility index (Phi) is 5.97. The summed E-state index contributed by atoms with van der Waals surface area (Å²) in [6, 6.07) is 0. The molecule has 1 heterocycles. The molecule has 100 valence electrons. The van der Waals surface area contributed by atoms with Crippen molar-refractivity contribution in [3.8, 4) is 0 Å². The van der Waals surface area contributed by atoms with Crippen molar-refractivity contribution in [3.05, 3.63) is 30.1 Å². The average Bonchev–Trinajstić information content (AvgIpc) is 2.84. The number of hydrogen-bond acceptors (Lipinski definition) is 5. The molecule has 5 heteroatoms. The number of carbonyl (C=O) groups excluding carboxylic acids is 1. The van der Waals surface area contributed by atoms with Crippen LogP contribution in [0.2, 0.25) is 0 Å². The molecule has 18 heavy (non-hydrogen) atoms. The van der Waals surface area contributed by atoms with Crippen LogP contribution in [0, 0.1) is 0 Å². The van der Waals surface area contributed by atoms with E-state index < -0.39 is 5.97 Å². The van der Waals surface area contributed by atoms with Crippen molar-refractivity contribution < 1.29 is 13.9 Å². The highest BCUT2D eigenvalue weighted by molar-refractivity contribution is 5.86. The average molecular weight is 252 g/mol. The molecule has 1 rings (SSSR count). The van der Waals surface area contributed by atoms with E-state index in [1.807, 2.05) is 6.92 Å². The summed E-state index contributed by atoms with van der Waals surface area (Å²) in [7, 11) is 0. The van der Waals surface area contributed by atoms with Crippen LogP contribution in [0.15, 0.2) is 22.9 Å². The van der Waals surface area contributed by atoms with Crippen LogP contribution in [0.25, 0.3) is 0 Å². The molecule has 0 aliphatic heterocycles. The molecule has 0 amide bonds. The van der Waals surface area contributed by atoms with Gasteiger partial charge < -0.3 is 14.9 Å². The van der Waals surface area contributed by atoms with Crippen molar-refractivity contribution in [3.63, 3.8) is 0 Å².